The van der Waals surface area contributed by atoms with Gasteiger partial charge in [-0.3, -0.25) is 4.79 Å². The predicted octanol–water partition coefficient (Wildman–Crippen LogP) is 4.80. The van der Waals surface area contributed by atoms with Crippen LogP contribution in [0.1, 0.15) is 62.5 Å². The number of benzene rings is 2. The van der Waals surface area contributed by atoms with Crippen LogP contribution in [0.5, 0.6) is 0 Å². The lowest BCUT2D eigenvalue weighted by Gasteiger charge is -2.32. The molecular formula is C28H34N2O5. The lowest BCUT2D eigenvalue weighted by Crippen LogP contribution is -2.51. The second-order valence-corrected chi connectivity index (χ2v) is 9.53. The summed E-state index contributed by atoms with van der Waals surface area (Å²) in [5, 5.41) is 12.4. The summed E-state index contributed by atoms with van der Waals surface area (Å²) in [6.07, 6.45) is 3.83. The molecule has 2 N–H and O–H groups in total. The Morgan fingerprint density at radius 3 is 2.20 bits per heavy atom. The van der Waals surface area contributed by atoms with E-state index in [2.05, 4.69) is 29.6 Å². The summed E-state index contributed by atoms with van der Waals surface area (Å²) in [4.78, 5) is 39.1. The molecule has 0 saturated heterocycles. The molecule has 2 aliphatic carbocycles. The summed E-state index contributed by atoms with van der Waals surface area (Å²) in [6.45, 7) is 1.96. The third kappa shape index (κ3) is 5.19. The lowest BCUT2D eigenvalue weighted by atomic mass is 9.92. The van der Waals surface area contributed by atoms with Crippen molar-refractivity contribution >= 4 is 18.0 Å². The molecule has 7 heteroatoms. The van der Waals surface area contributed by atoms with Gasteiger partial charge in [0.25, 0.3) is 0 Å². The number of rotatable bonds is 7. The average Bonchev–Trinajstić information content (AvgIpc) is 2.99. The van der Waals surface area contributed by atoms with E-state index in [-0.39, 0.29) is 24.5 Å². The minimum absolute atomic E-state index is 0.0354. The molecule has 7 nitrogen and oxygen atoms in total. The molecule has 1 saturated carbocycles. The van der Waals surface area contributed by atoms with Crippen LogP contribution in [0.4, 0.5) is 4.79 Å². The molecule has 1 fully saturated rings. The van der Waals surface area contributed by atoms with E-state index in [4.69, 9.17) is 4.74 Å². The van der Waals surface area contributed by atoms with Crippen molar-refractivity contribution in [3.05, 3.63) is 59.7 Å². The van der Waals surface area contributed by atoms with Crippen molar-refractivity contribution in [2.24, 2.45) is 5.92 Å². The molecular weight excluding hydrogens is 444 g/mol. The van der Waals surface area contributed by atoms with Gasteiger partial charge in [-0.25, -0.2) is 9.59 Å². The number of ether oxygens (including phenoxy) is 1. The number of nitrogens with one attached hydrogen (secondary N) is 1. The molecule has 186 valence electrons. The number of carbonyl (C=O) groups is 3. The molecule has 2 aromatic rings. The first-order chi connectivity index (χ1) is 16.9. The molecule has 2 aliphatic rings. The molecule has 0 heterocycles. The number of alkyl carbamates (subject to hydrolysis) is 1. The summed E-state index contributed by atoms with van der Waals surface area (Å²) in [7, 11) is 1.54. The molecule has 0 spiro atoms. The summed E-state index contributed by atoms with van der Waals surface area (Å²) in [5.41, 5.74) is 4.62. The van der Waals surface area contributed by atoms with E-state index in [0.717, 1.165) is 30.4 Å². The molecule has 0 bridgehead atoms. The van der Waals surface area contributed by atoms with Gasteiger partial charge in [-0.05, 0) is 41.5 Å². The van der Waals surface area contributed by atoms with E-state index in [0.29, 0.717) is 19.3 Å². The van der Waals surface area contributed by atoms with Crippen LogP contribution in [0.25, 0.3) is 11.1 Å². The van der Waals surface area contributed by atoms with Crippen molar-refractivity contribution in [2.45, 2.75) is 63.5 Å². The molecule has 2 aromatic carbocycles. The molecule has 4 rings (SSSR count). The Morgan fingerprint density at radius 2 is 1.60 bits per heavy atom. The summed E-state index contributed by atoms with van der Waals surface area (Å²) in [5.74, 6) is -1.74. The highest BCUT2D eigenvalue weighted by Crippen LogP contribution is 2.44. The standard InChI is InChI=1S/C28H34N2O5/c1-3-25(27(32)33)30(2)26(31)22-15-5-4-6-16-24(22)29-28(34)35-17-23-20-13-9-7-11-18(20)19-12-8-10-14-21(19)23/h7-14,22-25H,3-6,15-17H2,1-2H3,(H,29,34)(H,32,33). The molecule has 0 aliphatic heterocycles. The zero-order valence-electron chi connectivity index (χ0n) is 20.4. The van der Waals surface area contributed by atoms with E-state index >= 15 is 0 Å². The van der Waals surface area contributed by atoms with Gasteiger partial charge >= 0.3 is 12.1 Å². The minimum Gasteiger partial charge on any atom is -0.480 e. The highest BCUT2D eigenvalue weighted by molar-refractivity contribution is 5.86. The minimum atomic E-state index is -1.02. The smallest absolute Gasteiger partial charge is 0.407 e. The van der Waals surface area contributed by atoms with Gasteiger partial charge in [0, 0.05) is 19.0 Å². The normalized spacial score (nSPS) is 20.2. The summed E-state index contributed by atoms with van der Waals surface area (Å²) < 4.78 is 5.71. The van der Waals surface area contributed by atoms with E-state index in [9.17, 15) is 19.5 Å². The van der Waals surface area contributed by atoms with Gasteiger partial charge < -0.3 is 20.1 Å². The monoisotopic (exact) mass is 478 g/mol. The van der Waals surface area contributed by atoms with Crippen molar-refractivity contribution < 1.29 is 24.2 Å². The van der Waals surface area contributed by atoms with E-state index in [1.54, 1.807) is 14.0 Å². The van der Waals surface area contributed by atoms with Crippen LogP contribution < -0.4 is 5.32 Å². The SMILES string of the molecule is CCC(C(=O)O)N(C)C(=O)C1CCCCCC1NC(=O)OCC1c2ccccc2-c2ccccc21. The van der Waals surface area contributed by atoms with Crippen molar-refractivity contribution in [3.63, 3.8) is 0 Å². The van der Waals surface area contributed by atoms with E-state index < -0.39 is 24.0 Å². The maximum atomic E-state index is 13.3. The Kier molecular flexibility index (Phi) is 7.73. The van der Waals surface area contributed by atoms with Crippen LogP contribution in [0.3, 0.4) is 0 Å². The van der Waals surface area contributed by atoms with Crippen LogP contribution in [0.15, 0.2) is 48.5 Å². The number of hydrogen-bond donors (Lipinski definition) is 2. The number of fused-ring (bicyclic) bond motifs is 3. The second-order valence-electron chi connectivity index (χ2n) is 9.53. The first-order valence-corrected chi connectivity index (χ1v) is 12.5. The molecule has 2 amide bonds. The first-order valence-electron chi connectivity index (χ1n) is 12.5. The lowest BCUT2D eigenvalue weighted by molar-refractivity contribution is -0.151. The maximum absolute atomic E-state index is 13.3. The molecule has 35 heavy (non-hydrogen) atoms. The molecule has 0 aromatic heterocycles. The summed E-state index contributed by atoms with van der Waals surface area (Å²) in [6, 6.07) is 15.1. The number of carbonyl (C=O) groups excluding carboxylic acids is 2. The average molecular weight is 479 g/mol. The molecule has 3 unspecified atom stereocenters. The largest absolute Gasteiger partial charge is 0.480 e. The van der Waals surface area contributed by atoms with Crippen LogP contribution in [0, 0.1) is 5.92 Å². The fraction of sp³-hybridized carbons (Fsp3) is 0.464. The van der Waals surface area contributed by atoms with Crippen LogP contribution in [-0.2, 0) is 14.3 Å². The Morgan fingerprint density at radius 1 is 1.00 bits per heavy atom. The summed E-state index contributed by atoms with van der Waals surface area (Å²) >= 11 is 0. The number of nitrogens with zero attached hydrogens (tertiary/aromatic N) is 1. The molecule has 3 atom stereocenters. The van der Waals surface area contributed by atoms with Gasteiger partial charge in [-0.2, -0.15) is 0 Å². The Hall–Kier alpha value is -3.35. The van der Waals surface area contributed by atoms with E-state index in [1.807, 2.05) is 24.3 Å². The zero-order valence-corrected chi connectivity index (χ0v) is 20.4. The number of likely N-dealkylation sites (N-methyl/N-ethyl adjacent to an activating group) is 1. The first kappa shape index (κ1) is 24.8. The van der Waals surface area contributed by atoms with Gasteiger partial charge in [0.2, 0.25) is 5.91 Å². The predicted molar refractivity (Wildman–Crippen MR) is 133 cm³/mol. The second kappa shape index (κ2) is 10.9. The quantitative estimate of drug-likeness (QED) is 0.558. The van der Waals surface area contributed by atoms with Gasteiger partial charge in [-0.15, -0.1) is 0 Å². The number of amides is 2. The van der Waals surface area contributed by atoms with Crippen LogP contribution in [-0.4, -0.2) is 53.7 Å². The van der Waals surface area contributed by atoms with E-state index in [1.165, 1.54) is 16.0 Å². The fourth-order valence-corrected chi connectivity index (χ4v) is 5.60. The highest BCUT2D eigenvalue weighted by atomic mass is 16.5. The third-order valence-corrected chi connectivity index (χ3v) is 7.47. The van der Waals surface area contributed by atoms with Crippen LogP contribution in [0.2, 0.25) is 0 Å². The van der Waals surface area contributed by atoms with Gasteiger partial charge in [0.15, 0.2) is 0 Å². The van der Waals surface area contributed by atoms with Crippen molar-refractivity contribution in [3.8, 4) is 11.1 Å². The third-order valence-electron chi connectivity index (χ3n) is 7.47. The molecule has 0 radical (unpaired) electrons. The Bertz CT molecular complexity index is 1040. The Labute approximate surface area is 206 Å². The Balaban J connectivity index is 1.44. The number of carboxylic acid groups (broad SMARTS) is 1. The van der Waals surface area contributed by atoms with Crippen molar-refractivity contribution in [1.82, 2.24) is 10.2 Å². The van der Waals surface area contributed by atoms with Crippen molar-refractivity contribution in [1.29, 1.82) is 0 Å². The number of aliphatic carboxylic acids is 1. The fourth-order valence-electron chi connectivity index (χ4n) is 5.60. The van der Waals surface area contributed by atoms with Gasteiger partial charge in [0.1, 0.15) is 12.6 Å². The topological polar surface area (TPSA) is 95.9 Å². The maximum Gasteiger partial charge on any atom is 0.407 e. The number of carboxylic acids is 1. The highest BCUT2D eigenvalue weighted by Gasteiger charge is 2.36. The van der Waals surface area contributed by atoms with Gasteiger partial charge in [-0.1, -0.05) is 74.7 Å². The van der Waals surface area contributed by atoms with Crippen molar-refractivity contribution in [2.75, 3.05) is 13.7 Å². The van der Waals surface area contributed by atoms with Crippen LogP contribution >= 0.6 is 0 Å². The zero-order chi connectivity index (χ0) is 24.9. The number of hydrogen-bond acceptors (Lipinski definition) is 4. The van der Waals surface area contributed by atoms with Gasteiger partial charge in [0.05, 0.1) is 5.92 Å².